The van der Waals surface area contributed by atoms with E-state index in [1.165, 1.54) is 11.5 Å². The van der Waals surface area contributed by atoms with E-state index in [0.717, 1.165) is 29.6 Å². The first kappa shape index (κ1) is 19.7. The molecule has 0 N–H and O–H groups in total. The van der Waals surface area contributed by atoms with E-state index in [4.69, 9.17) is 16.3 Å². The quantitative estimate of drug-likeness (QED) is 0.530. The summed E-state index contributed by atoms with van der Waals surface area (Å²) < 4.78 is 9.71. The van der Waals surface area contributed by atoms with Gasteiger partial charge in [-0.2, -0.15) is 19.4 Å². The number of carbonyl (C=O) groups excluding carboxylic acids is 1. The summed E-state index contributed by atoms with van der Waals surface area (Å²) in [6, 6.07) is 5.71. The summed E-state index contributed by atoms with van der Waals surface area (Å²) in [5, 5.41) is 10.00. The van der Waals surface area contributed by atoms with Gasteiger partial charge in [0.25, 0.3) is 0 Å². The molecule has 0 spiro atoms. The number of ether oxygens (including phenoxy) is 1. The Bertz CT molecular complexity index is 939. The second-order valence-electron chi connectivity index (χ2n) is 6.13. The molecular formula is C18H22ClN5O2S. The Balaban J connectivity index is 1.82. The van der Waals surface area contributed by atoms with Crippen molar-refractivity contribution in [1.82, 2.24) is 19.4 Å². The number of fused-ring (bicyclic) bond motifs is 1. The molecular weight excluding hydrogens is 386 g/mol. The lowest BCUT2D eigenvalue weighted by Gasteiger charge is -2.21. The molecule has 0 atom stereocenters. The zero-order valence-corrected chi connectivity index (χ0v) is 17.2. The molecule has 0 bridgehead atoms. The summed E-state index contributed by atoms with van der Waals surface area (Å²) in [6.45, 7) is 7.21. The van der Waals surface area contributed by atoms with Gasteiger partial charge in [0.1, 0.15) is 22.8 Å². The fourth-order valence-corrected chi connectivity index (χ4v) is 3.72. The van der Waals surface area contributed by atoms with Crippen LogP contribution in [0.3, 0.4) is 0 Å². The maximum atomic E-state index is 12.9. The fraction of sp³-hybridized carbons (Fsp3) is 0.444. The van der Waals surface area contributed by atoms with Crippen molar-refractivity contribution in [3.63, 3.8) is 0 Å². The molecule has 1 amide bonds. The van der Waals surface area contributed by atoms with E-state index in [1.807, 2.05) is 32.0 Å². The number of aromatic nitrogens is 4. The van der Waals surface area contributed by atoms with E-state index in [9.17, 15) is 4.79 Å². The molecule has 0 aliphatic rings. The minimum atomic E-state index is -0.102. The van der Waals surface area contributed by atoms with Crippen LogP contribution in [-0.4, -0.2) is 38.6 Å². The number of halogens is 1. The first-order valence-electron chi connectivity index (χ1n) is 8.87. The van der Waals surface area contributed by atoms with Crippen molar-refractivity contribution in [2.24, 2.45) is 0 Å². The molecule has 0 saturated heterocycles. The number of hydrogen-bond donors (Lipinski definition) is 0. The third kappa shape index (κ3) is 4.45. The molecule has 0 saturated carbocycles. The van der Waals surface area contributed by atoms with Gasteiger partial charge in [0, 0.05) is 6.61 Å². The Morgan fingerprint density at radius 1 is 1.30 bits per heavy atom. The zero-order chi connectivity index (χ0) is 19.4. The van der Waals surface area contributed by atoms with Gasteiger partial charge in [-0.25, -0.2) is 0 Å². The maximum Gasteiger partial charge on any atom is 0.234 e. The Morgan fingerprint density at radius 2 is 2.07 bits per heavy atom. The van der Waals surface area contributed by atoms with Crippen LogP contribution in [-0.2, 0) is 22.5 Å². The van der Waals surface area contributed by atoms with Crippen LogP contribution in [0.15, 0.2) is 18.2 Å². The molecule has 0 fully saturated rings. The summed E-state index contributed by atoms with van der Waals surface area (Å²) in [5.41, 5.74) is 3.19. The zero-order valence-electron chi connectivity index (χ0n) is 15.6. The van der Waals surface area contributed by atoms with Crippen molar-refractivity contribution in [3.05, 3.63) is 34.5 Å². The molecule has 9 heteroatoms. The maximum absolute atomic E-state index is 12.9. The Morgan fingerprint density at radius 3 is 2.74 bits per heavy atom. The minimum Gasteiger partial charge on any atom is -0.361 e. The largest absolute Gasteiger partial charge is 0.361 e. The molecule has 3 aromatic rings. The van der Waals surface area contributed by atoms with Gasteiger partial charge in [-0.1, -0.05) is 24.6 Å². The molecule has 2 heterocycles. The van der Waals surface area contributed by atoms with E-state index in [2.05, 4.69) is 21.5 Å². The Hall–Kier alpha value is -2.03. The highest BCUT2D eigenvalue weighted by atomic mass is 35.5. The first-order valence-corrected chi connectivity index (χ1v) is 10.0. The highest BCUT2D eigenvalue weighted by Crippen LogP contribution is 2.33. The van der Waals surface area contributed by atoms with Crippen molar-refractivity contribution in [3.8, 4) is 0 Å². The van der Waals surface area contributed by atoms with Gasteiger partial charge in [-0.3, -0.25) is 9.69 Å². The highest BCUT2D eigenvalue weighted by Gasteiger charge is 2.22. The van der Waals surface area contributed by atoms with Gasteiger partial charge in [0.05, 0.1) is 23.7 Å². The van der Waals surface area contributed by atoms with Gasteiger partial charge in [-0.15, -0.1) is 0 Å². The van der Waals surface area contributed by atoms with E-state index in [1.54, 1.807) is 9.70 Å². The molecule has 3 rings (SSSR count). The van der Waals surface area contributed by atoms with Crippen LogP contribution in [0.25, 0.3) is 11.0 Å². The number of nitrogens with zero attached hydrogens (tertiary/aromatic N) is 5. The van der Waals surface area contributed by atoms with Gasteiger partial charge >= 0.3 is 0 Å². The molecule has 27 heavy (non-hydrogen) atoms. The Kier molecular flexibility index (Phi) is 6.41. The smallest absolute Gasteiger partial charge is 0.234 e. The number of rotatable bonds is 8. The Labute approximate surface area is 167 Å². The van der Waals surface area contributed by atoms with Crippen molar-refractivity contribution in [2.75, 3.05) is 18.2 Å². The molecule has 0 aliphatic heterocycles. The number of benzene rings is 1. The SMILES string of the molecule is CCCn1nc2ccc(CC(=O)N(COCC)c3snc(C)c3Cl)cc2n1. The topological polar surface area (TPSA) is 73.1 Å². The van der Waals surface area contributed by atoms with Gasteiger partial charge < -0.3 is 4.74 Å². The van der Waals surface area contributed by atoms with E-state index >= 15 is 0 Å². The molecule has 144 valence electrons. The van der Waals surface area contributed by atoms with Gasteiger partial charge in [0.15, 0.2) is 0 Å². The standard InChI is InChI=1S/C18H22ClN5O2S/c1-4-8-24-20-14-7-6-13(9-15(14)21-24)10-16(25)23(11-26-5-2)18-17(19)12(3)22-27-18/h6-7,9H,4-5,8,10-11H2,1-3H3. The number of hydrogen-bond acceptors (Lipinski definition) is 6. The average Bonchev–Trinajstić information content (AvgIpc) is 3.19. The van der Waals surface area contributed by atoms with Crippen molar-refractivity contribution < 1.29 is 9.53 Å². The number of anilines is 1. The molecule has 2 aromatic heterocycles. The first-order chi connectivity index (χ1) is 13.0. The monoisotopic (exact) mass is 407 g/mol. The molecule has 0 unspecified atom stereocenters. The molecule has 0 aliphatic carbocycles. The van der Waals surface area contributed by atoms with Crippen LogP contribution < -0.4 is 4.90 Å². The summed E-state index contributed by atoms with van der Waals surface area (Å²) in [5.74, 6) is -0.102. The number of aryl methyl sites for hydroxylation is 2. The molecule has 1 aromatic carbocycles. The van der Waals surface area contributed by atoms with Crippen LogP contribution in [0.4, 0.5) is 5.00 Å². The summed E-state index contributed by atoms with van der Waals surface area (Å²) >= 11 is 7.52. The van der Waals surface area contributed by atoms with Crippen molar-refractivity contribution in [1.29, 1.82) is 0 Å². The minimum absolute atomic E-state index is 0.102. The van der Waals surface area contributed by atoms with Crippen LogP contribution in [0.1, 0.15) is 31.5 Å². The second kappa shape index (κ2) is 8.77. The second-order valence-corrected chi connectivity index (χ2v) is 7.26. The third-order valence-corrected chi connectivity index (χ3v) is 5.54. The van der Waals surface area contributed by atoms with Crippen molar-refractivity contribution >= 4 is 45.1 Å². The van der Waals surface area contributed by atoms with Crippen LogP contribution >= 0.6 is 23.1 Å². The molecule has 0 radical (unpaired) electrons. The van der Waals surface area contributed by atoms with E-state index in [0.29, 0.717) is 22.3 Å². The van der Waals surface area contributed by atoms with Gasteiger partial charge in [0.2, 0.25) is 5.91 Å². The van der Waals surface area contributed by atoms with Crippen LogP contribution in [0.2, 0.25) is 5.02 Å². The lowest BCUT2D eigenvalue weighted by Crippen LogP contribution is -2.34. The van der Waals surface area contributed by atoms with E-state index < -0.39 is 0 Å². The fourth-order valence-electron chi connectivity index (χ4n) is 2.63. The number of amides is 1. The van der Waals surface area contributed by atoms with Gasteiger partial charge in [-0.05, 0) is 49.5 Å². The molecule has 7 nitrogen and oxygen atoms in total. The average molecular weight is 408 g/mol. The lowest BCUT2D eigenvalue weighted by atomic mass is 10.1. The highest BCUT2D eigenvalue weighted by molar-refractivity contribution is 7.11. The predicted molar refractivity (Wildman–Crippen MR) is 107 cm³/mol. The van der Waals surface area contributed by atoms with E-state index in [-0.39, 0.29) is 19.1 Å². The van der Waals surface area contributed by atoms with Crippen LogP contribution in [0, 0.1) is 6.92 Å². The number of carbonyl (C=O) groups is 1. The normalized spacial score (nSPS) is 11.3. The van der Waals surface area contributed by atoms with Crippen LogP contribution in [0.5, 0.6) is 0 Å². The lowest BCUT2D eigenvalue weighted by molar-refractivity contribution is -0.119. The summed E-state index contributed by atoms with van der Waals surface area (Å²) in [6.07, 6.45) is 1.19. The third-order valence-electron chi connectivity index (χ3n) is 4.01. The summed E-state index contributed by atoms with van der Waals surface area (Å²) in [7, 11) is 0. The summed E-state index contributed by atoms with van der Waals surface area (Å²) in [4.78, 5) is 16.2. The predicted octanol–water partition coefficient (Wildman–Crippen LogP) is 3.83. The van der Waals surface area contributed by atoms with Crippen molar-refractivity contribution in [2.45, 2.75) is 40.2 Å².